The van der Waals surface area contributed by atoms with E-state index in [-0.39, 0.29) is 18.5 Å². The van der Waals surface area contributed by atoms with Crippen molar-refractivity contribution in [2.45, 2.75) is 20.3 Å². The summed E-state index contributed by atoms with van der Waals surface area (Å²) >= 11 is 6.23. The third kappa shape index (κ3) is 3.25. The highest BCUT2D eigenvalue weighted by atomic mass is 35.5. The van der Waals surface area contributed by atoms with Gasteiger partial charge in [0.2, 0.25) is 0 Å². The van der Waals surface area contributed by atoms with Crippen LogP contribution in [0.4, 0.5) is 4.79 Å². The van der Waals surface area contributed by atoms with Gasteiger partial charge in [-0.25, -0.2) is 9.78 Å². The molecule has 134 valence electrons. The molecule has 0 radical (unpaired) electrons. The highest BCUT2D eigenvalue weighted by Gasteiger charge is 2.17. The Labute approximate surface area is 154 Å². The Morgan fingerprint density at radius 2 is 2.08 bits per heavy atom. The number of halogens is 1. The van der Waals surface area contributed by atoms with Crippen molar-refractivity contribution >= 4 is 28.6 Å². The molecule has 0 bridgehead atoms. The summed E-state index contributed by atoms with van der Waals surface area (Å²) in [7, 11) is 0. The van der Waals surface area contributed by atoms with Gasteiger partial charge in [0.15, 0.2) is 0 Å². The number of rotatable bonds is 4. The predicted molar refractivity (Wildman–Crippen MR) is 99.4 cm³/mol. The molecule has 0 fully saturated rings. The summed E-state index contributed by atoms with van der Waals surface area (Å²) in [6.45, 7) is 3.94. The number of pyridine rings is 1. The van der Waals surface area contributed by atoms with Crippen LogP contribution in [-0.4, -0.2) is 32.3 Å². The van der Waals surface area contributed by atoms with Crippen molar-refractivity contribution in [1.82, 2.24) is 19.9 Å². The van der Waals surface area contributed by atoms with Crippen LogP contribution in [0.1, 0.15) is 17.0 Å². The Balaban J connectivity index is 2.28. The third-order valence-corrected chi connectivity index (χ3v) is 4.54. The Morgan fingerprint density at radius 3 is 2.81 bits per heavy atom. The Morgan fingerprint density at radius 1 is 1.31 bits per heavy atom. The van der Waals surface area contributed by atoms with E-state index in [2.05, 4.69) is 15.3 Å². The molecule has 2 N–H and O–H groups in total. The maximum atomic E-state index is 13.2. The molecular weight excluding hydrogens is 356 g/mol. The van der Waals surface area contributed by atoms with Crippen LogP contribution in [0.2, 0.25) is 5.02 Å². The molecular formula is C18H17ClN4O3. The van der Waals surface area contributed by atoms with Crippen LogP contribution in [0, 0.1) is 13.8 Å². The number of fused-ring (bicyclic) bond motifs is 1. The number of benzene rings is 1. The van der Waals surface area contributed by atoms with Crippen molar-refractivity contribution in [3.05, 3.63) is 62.9 Å². The van der Waals surface area contributed by atoms with E-state index in [4.69, 9.17) is 16.7 Å². The van der Waals surface area contributed by atoms with E-state index in [0.29, 0.717) is 27.4 Å². The summed E-state index contributed by atoms with van der Waals surface area (Å²) in [4.78, 5) is 32.7. The van der Waals surface area contributed by atoms with Crippen LogP contribution in [0.15, 0.2) is 35.4 Å². The molecule has 0 spiro atoms. The van der Waals surface area contributed by atoms with Gasteiger partial charge in [-0.05, 0) is 37.1 Å². The van der Waals surface area contributed by atoms with E-state index >= 15 is 0 Å². The number of aryl methyl sites for hydroxylation is 1. The number of aromatic nitrogens is 3. The lowest BCUT2D eigenvalue weighted by atomic mass is 10.1. The number of hydrogen-bond donors (Lipinski definition) is 2. The average molecular weight is 373 g/mol. The number of hydrogen-bond acceptors (Lipinski definition) is 4. The standard InChI is InChI=1S/C18H17ClN4O3/c1-10-8-20-9-14(11(10)2)23-15(6-7-21-18(25)26)22-13-5-3-4-12(19)16(13)17(23)24/h3-5,8-9,21H,6-7H2,1-2H3,(H,25,26). The smallest absolute Gasteiger partial charge is 0.404 e. The van der Waals surface area contributed by atoms with E-state index < -0.39 is 6.09 Å². The van der Waals surface area contributed by atoms with Crippen molar-refractivity contribution in [3.8, 4) is 5.69 Å². The summed E-state index contributed by atoms with van der Waals surface area (Å²) in [5.41, 5.74) is 2.60. The monoisotopic (exact) mass is 372 g/mol. The van der Waals surface area contributed by atoms with Crippen molar-refractivity contribution in [2.75, 3.05) is 6.54 Å². The van der Waals surface area contributed by atoms with Gasteiger partial charge in [0.05, 0.1) is 27.8 Å². The van der Waals surface area contributed by atoms with Gasteiger partial charge in [-0.1, -0.05) is 17.7 Å². The first kappa shape index (κ1) is 17.9. The van der Waals surface area contributed by atoms with Gasteiger partial charge in [0.25, 0.3) is 5.56 Å². The van der Waals surface area contributed by atoms with Crippen LogP contribution in [0.3, 0.4) is 0 Å². The Bertz CT molecular complexity index is 1060. The minimum absolute atomic E-state index is 0.131. The molecule has 7 nitrogen and oxygen atoms in total. The molecule has 0 saturated carbocycles. The lowest BCUT2D eigenvalue weighted by Gasteiger charge is -2.16. The fourth-order valence-corrected chi connectivity index (χ4v) is 3.02. The zero-order chi connectivity index (χ0) is 18.8. The van der Waals surface area contributed by atoms with Gasteiger partial charge in [-0.3, -0.25) is 14.3 Å². The molecule has 0 unspecified atom stereocenters. The SMILES string of the molecule is Cc1cncc(-n2c(CCNC(=O)O)nc3cccc(Cl)c3c2=O)c1C. The normalized spacial score (nSPS) is 10.9. The van der Waals surface area contributed by atoms with Gasteiger partial charge in [0, 0.05) is 19.2 Å². The minimum atomic E-state index is -1.13. The minimum Gasteiger partial charge on any atom is -0.465 e. The first-order chi connectivity index (χ1) is 12.4. The van der Waals surface area contributed by atoms with Gasteiger partial charge >= 0.3 is 6.09 Å². The summed E-state index contributed by atoms with van der Waals surface area (Å²) < 4.78 is 1.47. The molecule has 0 saturated heterocycles. The summed E-state index contributed by atoms with van der Waals surface area (Å²) in [5, 5.41) is 11.7. The molecule has 8 heteroatoms. The molecule has 26 heavy (non-hydrogen) atoms. The van der Waals surface area contributed by atoms with Crippen LogP contribution in [0.5, 0.6) is 0 Å². The first-order valence-electron chi connectivity index (χ1n) is 7.98. The van der Waals surface area contributed by atoms with Crippen LogP contribution in [0.25, 0.3) is 16.6 Å². The molecule has 3 aromatic rings. The zero-order valence-corrected chi connectivity index (χ0v) is 15.0. The van der Waals surface area contributed by atoms with Crippen molar-refractivity contribution < 1.29 is 9.90 Å². The van der Waals surface area contributed by atoms with E-state index in [1.54, 1.807) is 30.6 Å². The van der Waals surface area contributed by atoms with E-state index in [0.717, 1.165) is 11.1 Å². The predicted octanol–water partition coefficient (Wildman–Crippen LogP) is 2.86. The van der Waals surface area contributed by atoms with E-state index in [9.17, 15) is 9.59 Å². The van der Waals surface area contributed by atoms with Crippen LogP contribution < -0.4 is 10.9 Å². The maximum absolute atomic E-state index is 13.2. The fraction of sp³-hybridized carbons (Fsp3) is 0.222. The fourth-order valence-electron chi connectivity index (χ4n) is 2.77. The number of nitrogens with one attached hydrogen (secondary N) is 1. The zero-order valence-electron chi connectivity index (χ0n) is 14.3. The third-order valence-electron chi connectivity index (χ3n) is 4.22. The molecule has 0 aliphatic heterocycles. The molecule has 0 atom stereocenters. The maximum Gasteiger partial charge on any atom is 0.404 e. The van der Waals surface area contributed by atoms with Crippen molar-refractivity contribution in [3.63, 3.8) is 0 Å². The number of amides is 1. The van der Waals surface area contributed by atoms with Crippen molar-refractivity contribution in [1.29, 1.82) is 0 Å². The van der Waals surface area contributed by atoms with E-state index in [1.807, 2.05) is 13.8 Å². The highest BCUT2D eigenvalue weighted by Crippen LogP contribution is 2.22. The molecule has 1 aromatic carbocycles. The number of carbonyl (C=O) groups is 1. The summed E-state index contributed by atoms with van der Waals surface area (Å²) in [5.74, 6) is 0.439. The summed E-state index contributed by atoms with van der Waals surface area (Å²) in [6, 6.07) is 5.08. The second kappa shape index (κ2) is 7.13. The molecule has 3 rings (SSSR count). The molecule has 2 heterocycles. The topological polar surface area (TPSA) is 97.1 Å². The van der Waals surface area contributed by atoms with Gasteiger partial charge < -0.3 is 10.4 Å². The second-order valence-corrected chi connectivity index (χ2v) is 6.29. The quantitative estimate of drug-likeness (QED) is 0.734. The molecule has 0 aliphatic rings. The second-order valence-electron chi connectivity index (χ2n) is 5.89. The van der Waals surface area contributed by atoms with Crippen LogP contribution in [-0.2, 0) is 6.42 Å². The Kier molecular flexibility index (Phi) is 4.90. The van der Waals surface area contributed by atoms with Crippen LogP contribution >= 0.6 is 11.6 Å². The lowest BCUT2D eigenvalue weighted by Crippen LogP contribution is -2.29. The number of carboxylic acid groups (broad SMARTS) is 1. The lowest BCUT2D eigenvalue weighted by molar-refractivity contribution is 0.194. The number of nitrogens with zero attached hydrogens (tertiary/aromatic N) is 3. The molecule has 1 amide bonds. The highest BCUT2D eigenvalue weighted by molar-refractivity contribution is 6.35. The molecule has 0 aliphatic carbocycles. The summed E-state index contributed by atoms with van der Waals surface area (Å²) in [6.07, 6.45) is 2.44. The Hall–Kier alpha value is -2.93. The average Bonchev–Trinajstić information content (AvgIpc) is 2.58. The largest absolute Gasteiger partial charge is 0.465 e. The first-order valence-corrected chi connectivity index (χ1v) is 8.36. The van der Waals surface area contributed by atoms with E-state index in [1.165, 1.54) is 4.57 Å². The van der Waals surface area contributed by atoms with Crippen molar-refractivity contribution in [2.24, 2.45) is 0 Å². The van der Waals surface area contributed by atoms with Gasteiger partial charge in [-0.15, -0.1) is 0 Å². The molecule has 2 aromatic heterocycles. The van der Waals surface area contributed by atoms with Gasteiger partial charge in [0.1, 0.15) is 5.82 Å². The van der Waals surface area contributed by atoms with Gasteiger partial charge in [-0.2, -0.15) is 0 Å².